The number of nitrogens with one attached hydrogen (secondary N) is 2. The zero-order valence-electron chi connectivity index (χ0n) is 13.4. The summed E-state index contributed by atoms with van der Waals surface area (Å²) in [4.78, 5) is 11.8. The topological polar surface area (TPSA) is 84.5 Å². The Labute approximate surface area is 140 Å². The van der Waals surface area contributed by atoms with Crippen LogP contribution < -0.4 is 14.8 Å². The second-order valence-corrected chi connectivity index (χ2v) is 7.85. The molecule has 0 bridgehead atoms. The maximum Gasteiger partial charge on any atom is 0.268 e. The Bertz CT molecular complexity index is 877. The summed E-state index contributed by atoms with van der Waals surface area (Å²) >= 11 is 0. The number of hydrogen-bond acceptors (Lipinski definition) is 4. The number of carbonyl (C=O) groups excluding carboxylic acids is 1. The number of amides is 1. The highest BCUT2D eigenvalue weighted by atomic mass is 32.2. The molecule has 126 valence electrons. The molecule has 0 unspecified atom stereocenters. The maximum atomic E-state index is 12.3. The summed E-state index contributed by atoms with van der Waals surface area (Å²) < 4.78 is 32.8. The first-order valence-corrected chi connectivity index (χ1v) is 9.09. The molecule has 1 aliphatic rings. The van der Waals surface area contributed by atoms with Gasteiger partial charge in [-0.3, -0.25) is 9.52 Å². The van der Waals surface area contributed by atoms with E-state index in [1.54, 1.807) is 56.3 Å². The van der Waals surface area contributed by atoms with E-state index in [2.05, 4.69) is 10.0 Å². The number of rotatable bonds is 4. The molecule has 7 heteroatoms. The Balaban J connectivity index is 1.80. The summed E-state index contributed by atoms with van der Waals surface area (Å²) in [7, 11) is -3.55. The lowest BCUT2D eigenvalue weighted by molar-refractivity contribution is -0.129. The van der Waals surface area contributed by atoms with E-state index in [0.717, 1.165) is 0 Å². The van der Waals surface area contributed by atoms with Crippen LogP contribution in [0.2, 0.25) is 0 Å². The summed E-state index contributed by atoms with van der Waals surface area (Å²) in [5.74, 6) is 0.0699. The van der Waals surface area contributed by atoms with Crippen molar-refractivity contribution >= 4 is 27.3 Å². The highest BCUT2D eigenvalue weighted by Gasteiger charge is 2.35. The molecule has 1 amide bonds. The highest BCUT2D eigenvalue weighted by Crippen LogP contribution is 2.35. The Hall–Kier alpha value is -2.54. The molecule has 0 atom stereocenters. The lowest BCUT2D eigenvalue weighted by Crippen LogP contribution is -2.45. The van der Waals surface area contributed by atoms with Crippen LogP contribution in [0.15, 0.2) is 48.5 Å². The SMILES string of the molecule is CC1(C)Oc2cc(NS(=O)(=O)Cc3ccccc3)ccc2NC1=O. The zero-order chi connectivity index (χ0) is 17.4. The van der Waals surface area contributed by atoms with Crippen LogP contribution in [0.4, 0.5) is 11.4 Å². The number of fused-ring (bicyclic) bond motifs is 1. The molecule has 0 fully saturated rings. The molecular formula is C17H18N2O4S. The van der Waals surface area contributed by atoms with Crippen LogP contribution in [0.1, 0.15) is 19.4 Å². The summed E-state index contributed by atoms with van der Waals surface area (Å²) in [6, 6.07) is 13.7. The van der Waals surface area contributed by atoms with Crippen molar-refractivity contribution in [2.45, 2.75) is 25.2 Å². The zero-order valence-corrected chi connectivity index (χ0v) is 14.2. The molecule has 2 aromatic carbocycles. The second-order valence-electron chi connectivity index (χ2n) is 6.12. The van der Waals surface area contributed by atoms with Gasteiger partial charge in [-0.05, 0) is 31.5 Å². The molecule has 0 aliphatic carbocycles. The second kappa shape index (κ2) is 5.83. The fourth-order valence-corrected chi connectivity index (χ4v) is 3.57. The molecule has 1 heterocycles. The van der Waals surface area contributed by atoms with Crippen molar-refractivity contribution in [2.24, 2.45) is 0 Å². The predicted molar refractivity (Wildman–Crippen MR) is 92.5 cm³/mol. The first kappa shape index (κ1) is 16.3. The van der Waals surface area contributed by atoms with Gasteiger partial charge < -0.3 is 10.1 Å². The van der Waals surface area contributed by atoms with E-state index in [0.29, 0.717) is 22.7 Å². The third-order valence-corrected chi connectivity index (χ3v) is 4.87. The standard InChI is InChI=1S/C17H18N2O4S/c1-17(2)16(20)18-14-9-8-13(10-15(14)23-17)19-24(21,22)11-12-6-4-3-5-7-12/h3-10,19H,11H2,1-2H3,(H,18,20). The van der Waals surface area contributed by atoms with Crippen LogP contribution in [0.25, 0.3) is 0 Å². The van der Waals surface area contributed by atoms with Gasteiger partial charge in [0.05, 0.1) is 17.1 Å². The smallest absolute Gasteiger partial charge is 0.268 e. The van der Waals surface area contributed by atoms with Gasteiger partial charge in [0.2, 0.25) is 10.0 Å². The number of benzene rings is 2. The van der Waals surface area contributed by atoms with E-state index in [1.807, 2.05) is 6.07 Å². The summed E-state index contributed by atoms with van der Waals surface area (Å²) in [6.45, 7) is 3.30. The van der Waals surface area contributed by atoms with Crippen molar-refractivity contribution in [3.63, 3.8) is 0 Å². The number of carbonyl (C=O) groups is 1. The Kier molecular flexibility index (Phi) is 3.96. The fourth-order valence-electron chi connectivity index (χ4n) is 2.38. The minimum absolute atomic E-state index is 0.117. The van der Waals surface area contributed by atoms with E-state index < -0.39 is 15.6 Å². The van der Waals surface area contributed by atoms with Crippen molar-refractivity contribution in [1.29, 1.82) is 0 Å². The van der Waals surface area contributed by atoms with Crippen LogP contribution in [0.3, 0.4) is 0 Å². The van der Waals surface area contributed by atoms with Crippen molar-refractivity contribution in [3.8, 4) is 5.75 Å². The number of anilines is 2. The molecule has 0 saturated carbocycles. The summed E-state index contributed by atoms with van der Waals surface area (Å²) in [6.07, 6.45) is 0. The quantitative estimate of drug-likeness (QED) is 0.891. The van der Waals surface area contributed by atoms with E-state index in [1.165, 1.54) is 0 Å². The molecule has 2 N–H and O–H groups in total. The highest BCUT2D eigenvalue weighted by molar-refractivity contribution is 7.91. The van der Waals surface area contributed by atoms with Crippen molar-refractivity contribution < 1.29 is 17.9 Å². The molecule has 6 nitrogen and oxygen atoms in total. The summed E-state index contributed by atoms with van der Waals surface area (Å²) in [5.41, 5.74) is 0.601. The molecule has 0 aromatic heterocycles. The van der Waals surface area contributed by atoms with Gasteiger partial charge in [-0.1, -0.05) is 30.3 Å². The average molecular weight is 346 g/mol. The number of sulfonamides is 1. The maximum absolute atomic E-state index is 12.3. The monoisotopic (exact) mass is 346 g/mol. The lowest BCUT2D eigenvalue weighted by atomic mass is 10.1. The van der Waals surface area contributed by atoms with Gasteiger partial charge in [0.15, 0.2) is 5.60 Å². The first-order chi connectivity index (χ1) is 11.3. The summed E-state index contributed by atoms with van der Waals surface area (Å²) in [5, 5.41) is 2.74. The minimum Gasteiger partial charge on any atom is -0.476 e. The third-order valence-electron chi connectivity index (χ3n) is 3.61. The predicted octanol–water partition coefficient (Wildman–Crippen LogP) is 2.74. The van der Waals surface area contributed by atoms with E-state index in [4.69, 9.17) is 4.74 Å². The normalized spacial score (nSPS) is 15.8. The molecular weight excluding hydrogens is 328 g/mol. The van der Waals surface area contributed by atoms with Crippen LogP contribution in [-0.4, -0.2) is 19.9 Å². The molecule has 0 radical (unpaired) electrons. The molecule has 2 aromatic rings. The fraction of sp³-hybridized carbons (Fsp3) is 0.235. The Morgan fingerprint density at radius 3 is 2.54 bits per heavy atom. The van der Waals surface area contributed by atoms with Gasteiger partial charge >= 0.3 is 0 Å². The number of hydrogen-bond donors (Lipinski definition) is 2. The van der Waals surface area contributed by atoms with E-state index in [-0.39, 0.29) is 11.7 Å². The first-order valence-electron chi connectivity index (χ1n) is 7.44. The van der Waals surface area contributed by atoms with Gasteiger partial charge in [-0.25, -0.2) is 8.42 Å². The molecule has 3 rings (SSSR count). The lowest BCUT2D eigenvalue weighted by Gasteiger charge is -2.31. The van der Waals surface area contributed by atoms with Gasteiger partial charge in [-0.15, -0.1) is 0 Å². The van der Waals surface area contributed by atoms with Gasteiger partial charge in [-0.2, -0.15) is 0 Å². The number of ether oxygens (including phenoxy) is 1. The van der Waals surface area contributed by atoms with Gasteiger partial charge in [0, 0.05) is 6.07 Å². The van der Waals surface area contributed by atoms with Crippen molar-refractivity contribution in [2.75, 3.05) is 10.0 Å². The van der Waals surface area contributed by atoms with Crippen LogP contribution >= 0.6 is 0 Å². The molecule has 0 saturated heterocycles. The van der Waals surface area contributed by atoms with Crippen LogP contribution in [0.5, 0.6) is 5.75 Å². The van der Waals surface area contributed by atoms with Gasteiger partial charge in [0.25, 0.3) is 5.91 Å². The molecule has 1 aliphatic heterocycles. The third kappa shape index (κ3) is 3.51. The Morgan fingerprint density at radius 2 is 1.83 bits per heavy atom. The molecule has 0 spiro atoms. The van der Waals surface area contributed by atoms with Crippen LogP contribution in [0, 0.1) is 0 Å². The minimum atomic E-state index is -3.55. The Morgan fingerprint density at radius 1 is 1.12 bits per heavy atom. The van der Waals surface area contributed by atoms with Crippen molar-refractivity contribution in [3.05, 3.63) is 54.1 Å². The average Bonchev–Trinajstić information content (AvgIpc) is 2.48. The van der Waals surface area contributed by atoms with E-state index in [9.17, 15) is 13.2 Å². The van der Waals surface area contributed by atoms with Crippen molar-refractivity contribution in [1.82, 2.24) is 0 Å². The largest absolute Gasteiger partial charge is 0.476 e. The van der Waals surface area contributed by atoms with E-state index >= 15 is 0 Å². The molecule has 24 heavy (non-hydrogen) atoms. The van der Waals surface area contributed by atoms with Crippen LogP contribution in [-0.2, 0) is 20.6 Å². The van der Waals surface area contributed by atoms with Gasteiger partial charge in [0.1, 0.15) is 5.75 Å².